The average Bonchev–Trinajstić information content (AvgIpc) is 3.04. The monoisotopic (exact) mass is 282 g/mol. The van der Waals surface area contributed by atoms with Crippen LogP contribution in [-0.4, -0.2) is 21.3 Å². The number of rotatable bonds is 2. The van der Waals surface area contributed by atoms with Gasteiger partial charge in [0.25, 0.3) is 0 Å². The molecule has 1 aromatic carbocycles. The van der Waals surface area contributed by atoms with Crippen molar-refractivity contribution in [2.75, 3.05) is 11.9 Å². The van der Waals surface area contributed by atoms with Crippen molar-refractivity contribution < 1.29 is 0 Å². The van der Waals surface area contributed by atoms with E-state index in [1.165, 1.54) is 55.3 Å². The van der Waals surface area contributed by atoms with Crippen LogP contribution in [0.5, 0.6) is 0 Å². The molecular weight excluding hydrogens is 260 g/mol. The molecule has 2 aromatic rings. The van der Waals surface area contributed by atoms with Gasteiger partial charge in [-0.15, -0.1) is 10.2 Å². The number of benzene rings is 1. The summed E-state index contributed by atoms with van der Waals surface area (Å²) in [6.07, 6.45) is 10.8. The van der Waals surface area contributed by atoms with Gasteiger partial charge in [-0.05, 0) is 37.3 Å². The number of fused-ring (bicyclic) bond motifs is 1. The number of aromatic nitrogens is 3. The van der Waals surface area contributed by atoms with Crippen LogP contribution in [0.4, 0.5) is 5.69 Å². The van der Waals surface area contributed by atoms with E-state index in [1.54, 1.807) is 0 Å². The van der Waals surface area contributed by atoms with Crippen LogP contribution in [0.2, 0.25) is 0 Å². The maximum Gasteiger partial charge on any atom is 0.164 e. The number of hydrogen-bond donors (Lipinski definition) is 1. The molecule has 0 unspecified atom stereocenters. The lowest BCUT2D eigenvalue weighted by Gasteiger charge is -2.25. The number of hydrogen-bond acceptors (Lipinski definition) is 3. The minimum atomic E-state index is 0.580. The van der Waals surface area contributed by atoms with E-state index in [0.29, 0.717) is 6.04 Å². The Morgan fingerprint density at radius 3 is 2.90 bits per heavy atom. The Balaban J connectivity index is 1.76. The van der Waals surface area contributed by atoms with Gasteiger partial charge in [-0.3, -0.25) is 0 Å². The van der Waals surface area contributed by atoms with Crippen LogP contribution in [0.3, 0.4) is 0 Å². The van der Waals surface area contributed by atoms with E-state index >= 15 is 0 Å². The van der Waals surface area contributed by atoms with Crippen molar-refractivity contribution in [2.24, 2.45) is 0 Å². The van der Waals surface area contributed by atoms with Crippen molar-refractivity contribution in [1.29, 1.82) is 0 Å². The molecular formula is C17H22N4. The first-order valence-electron chi connectivity index (χ1n) is 8.19. The van der Waals surface area contributed by atoms with Gasteiger partial charge in [-0.1, -0.05) is 31.4 Å². The normalized spacial score (nSPS) is 19.0. The molecule has 0 radical (unpaired) electrons. The van der Waals surface area contributed by atoms with Crippen molar-refractivity contribution in [3.8, 4) is 11.4 Å². The molecule has 4 heteroatoms. The van der Waals surface area contributed by atoms with E-state index in [1.807, 2.05) is 6.33 Å². The van der Waals surface area contributed by atoms with Crippen LogP contribution >= 0.6 is 0 Å². The molecule has 21 heavy (non-hydrogen) atoms. The highest BCUT2D eigenvalue weighted by Gasteiger charge is 2.22. The zero-order valence-corrected chi connectivity index (χ0v) is 12.4. The predicted molar refractivity (Wildman–Crippen MR) is 84.4 cm³/mol. The molecule has 0 atom stereocenters. The summed E-state index contributed by atoms with van der Waals surface area (Å²) in [4.78, 5) is 0. The largest absolute Gasteiger partial charge is 0.385 e. The lowest BCUT2D eigenvalue weighted by molar-refractivity contribution is 0.355. The maximum absolute atomic E-state index is 4.45. The first-order chi connectivity index (χ1) is 10.4. The third-order valence-electron chi connectivity index (χ3n) is 4.88. The van der Waals surface area contributed by atoms with Gasteiger partial charge >= 0.3 is 0 Å². The fraction of sp³-hybridized carbons (Fsp3) is 0.529. The molecule has 1 aromatic heterocycles. The molecule has 110 valence electrons. The Morgan fingerprint density at radius 2 is 2.00 bits per heavy atom. The molecule has 4 nitrogen and oxygen atoms in total. The van der Waals surface area contributed by atoms with Gasteiger partial charge in [0.1, 0.15) is 6.33 Å². The van der Waals surface area contributed by atoms with Crippen molar-refractivity contribution in [1.82, 2.24) is 14.8 Å². The second-order valence-electron chi connectivity index (χ2n) is 6.22. The van der Waals surface area contributed by atoms with E-state index in [-0.39, 0.29) is 0 Å². The summed E-state index contributed by atoms with van der Waals surface area (Å²) in [5.74, 6) is 1.06. The van der Waals surface area contributed by atoms with E-state index in [9.17, 15) is 0 Å². The minimum Gasteiger partial charge on any atom is -0.385 e. The molecule has 1 fully saturated rings. The van der Waals surface area contributed by atoms with Crippen molar-refractivity contribution in [3.05, 3.63) is 30.1 Å². The molecule has 0 bridgehead atoms. The van der Waals surface area contributed by atoms with Crippen LogP contribution in [0, 0.1) is 0 Å². The fourth-order valence-corrected chi connectivity index (χ4v) is 3.78. The summed E-state index contributed by atoms with van der Waals surface area (Å²) in [5, 5.41) is 12.2. The Morgan fingerprint density at radius 1 is 1.10 bits per heavy atom. The van der Waals surface area contributed by atoms with Gasteiger partial charge in [-0.25, -0.2) is 0 Å². The second-order valence-corrected chi connectivity index (χ2v) is 6.22. The Labute approximate surface area is 125 Å². The van der Waals surface area contributed by atoms with Crippen LogP contribution in [0.15, 0.2) is 24.5 Å². The van der Waals surface area contributed by atoms with E-state index < -0.39 is 0 Å². The lowest BCUT2D eigenvalue weighted by atomic mass is 9.94. The van der Waals surface area contributed by atoms with E-state index in [0.717, 1.165) is 18.8 Å². The van der Waals surface area contributed by atoms with Crippen LogP contribution in [0.1, 0.15) is 50.1 Å². The van der Waals surface area contributed by atoms with Crippen molar-refractivity contribution in [3.63, 3.8) is 0 Å². The number of nitrogens with one attached hydrogen (secondary N) is 1. The second kappa shape index (κ2) is 5.51. The molecule has 0 spiro atoms. The zero-order chi connectivity index (χ0) is 14.1. The third kappa shape index (κ3) is 2.33. The standard InChI is InChI=1S/C17H22N4/c1-2-6-13(7-3-1)21-12-19-20-17(21)15-8-4-10-16-14(15)9-5-11-18-16/h4,8,10,12-13,18H,1-3,5-7,9,11H2. The molecule has 1 aliphatic heterocycles. The highest BCUT2D eigenvalue weighted by Crippen LogP contribution is 2.35. The van der Waals surface area contributed by atoms with Crippen LogP contribution < -0.4 is 5.32 Å². The highest BCUT2D eigenvalue weighted by atomic mass is 15.3. The number of nitrogens with zero attached hydrogens (tertiary/aromatic N) is 3. The summed E-state index contributed by atoms with van der Waals surface area (Å²) in [5.41, 5.74) is 3.95. The van der Waals surface area contributed by atoms with Gasteiger partial charge in [0.2, 0.25) is 0 Å². The van der Waals surface area contributed by atoms with Crippen LogP contribution in [0.25, 0.3) is 11.4 Å². The van der Waals surface area contributed by atoms with E-state index in [2.05, 4.69) is 38.3 Å². The van der Waals surface area contributed by atoms with Gasteiger partial charge < -0.3 is 9.88 Å². The van der Waals surface area contributed by atoms with Crippen LogP contribution in [-0.2, 0) is 6.42 Å². The summed E-state index contributed by atoms with van der Waals surface area (Å²) in [6.45, 7) is 1.08. The van der Waals surface area contributed by atoms with Crippen molar-refractivity contribution in [2.45, 2.75) is 51.0 Å². The van der Waals surface area contributed by atoms with Gasteiger partial charge in [0.15, 0.2) is 5.82 Å². The summed E-state index contributed by atoms with van der Waals surface area (Å²) >= 11 is 0. The fourth-order valence-electron chi connectivity index (χ4n) is 3.78. The van der Waals surface area contributed by atoms with Gasteiger partial charge in [0, 0.05) is 23.8 Å². The SMILES string of the molecule is c1cc2c(c(-c3nncn3C3CCCCC3)c1)CCCN2. The smallest absolute Gasteiger partial charge is 0.164 e. The predicted octanol–water partition coefficient (Wildman–Crippen LogP) is 3.81. The molecule has 2 heterocycles. The maximum atomic E-state index is 4.45. The van der Waals surface area contributed by atoms with E-state index in [4.69, 9.17) is 0 Å². The zero-order valence-electron chi connectivity index (χ0n) is 12.4. The molecule has 1 saturated carbocycles. The highest BCUT2D eigenvalue weighted by molar-refractivity contribution is 5.70. The number of anilines is 1. The lowest BCUT2D eigenvalue weighted by Crippen LogP contribution is -2.16. The molecule has 0 saturated heterocycles. The quantitative estimate of drug-likeness (QED) is 0.911. The van der Waals surface area contributed by atoms with Gasteiger partial charge in [-0.2, -0.15) is 0 Å². The molecule has 1 aliphatic carbocycles. The molecule has 0 amide bonds. The average molecular weight is 282 g/mol. The summed E-state index contributed by atoms with van der Waals surface area (Å²) in [7, 11) is 0. The molecule has 4 rings (SSSR count). The van der Waals surface area contributed by atoms with Crippen molar-refractivity contribution >= 4 is 5.69 Å². The first-order valence-corrected chi connectivity index (χ1v) is 8.19. The molecule has 1 N–H and O–H groups in total. The Kier molecular flexibility index (Phi) is 3.37. The van der Waals surface area contributed by atoms with Gasteiger partial charge in [0.05, 0.1) is 0 Å². The summed E-state index contributed by atoms with van der Waals surface area (Å²) in [6, 6.07) is 7.09. The minimum absolute atomic E-state index is 0.580. The third-order valence-corrected chi connectivity index (χ3v) is 4.88. The topological polar surface area (TPSA) is 42.7 Å². The Hall–Kier alpha value is -1.84. The Bertz CT molecular complexity index is 625. The molecule has 2 aliphatic rings. The summed E-state index contributed by atoms with van der Waals surface area (Å²) < 4.78 is 2.32. The first kappa shape index (κ1) is 12.9.